The number of carbonyl (C=O) groups excluding carboxylic acids is 1. The minimum absolute atomic E-state index is 0.0698. The highest BCUT2D eigenvalue weighted by atomic mass is 79.9. The Labute approximate surface area is 180 Å². The zero-order chi connectivity index (χ0) is 21.9. The highest BCUT2D eigenvalue weighted by molar-refractivity contribution is 9.10. The van der Waals surface area contributed by atoms with E-state index in [0.29, 0.717) is 17.0 Å². The molecule has 0 amide bonds. The summed E-state index contributed by atoms with van der Waals surface area (Å²) in [4.78, 5) is 16.5. The van der Waals surface area contributed by atoms with Crippen LogP contribution in [0.5, 0.6) is 5.75 Å². The van der Waals surface area contributed by atoms with Crippen LogP contribution in [0.2, 0.25) is 0 Å². The predicted octanol–water partition coefficient (Wildman–Crippen LogP) is 4.87. The second-order valence-electron chi connectivity index (χ2n) is 6.24. The molecule has 2 aromatic carbocycles. The second kappa shape index (κ2) is 8.49. The number of ketones is 1. The molecule has 1 heterocycles. The van der Waals surface area contributed by atoms with Gasteiger partial charge in [0.1, 0.15) is 5.75 Å². The summed E-state index contributed by atoms with van der Waals surface area (Å²) in [5.41, 5.74) is 0.538. The summed E-state index contributed by atoms with van der Waals surface area (Å²) in [5.74, 6) is -0.580. The van der Waals surface area contributed by atoms with Crippen molar-refractivity contribution in [2.75, 3.05) is 4.72 Å². The van der Waals surface area contributed by atoms with E-state index in [9.17, 15) is 22.0 Å². The van der Waals surface area contributed by atoms with Crippen LogP contribution in [-0.2, 0) is 10.0 Å². The molecule has 1 aromatic heterocycles. The van der Waals surface area contributed by atoms with E-state index >= 15 is 0 Å². The quantitative estimate of drug-likeness (QED) is 0.471. The van der Waals surface area contributed by atoms with E-state index in [1.165, 1.54) is 36.7 Å². The number of benzene rings is 2. The Morgan fingerprint density at radius 2 is 1.70 bits per heavy atom. The normalized spacial score (nSPS) is 11.7. The number of carbonyl (C=O) groups is 1. The second-order valence-corrected chi connectivity index (χ2v) is 8.84. The number of nitrogens with one attached hydrogen (secondary N) is 1. The van der Waals surface area contributed by atoms with Gasteiger partial charge in [0.25, 0.3) is 10.0 Å². The molecular formula is C20H15BrF2N2O4S. The molecule has 0 bridgehead atoms. The first-order chi connectivity index (χ1) is 14.0. The Morgan fingerprint density at radius 3 is 2.30 bits per heavy atom. The molecule has 0 unspecified atom stereocenters. The Morgan fingerprint density at radius 1 is 1.07 bits per heavy atom. The van der Waals surface area contributed by atoms with Gasteiger partial charge in [0.15, 0.2) is 5.78 Å². The lowest BCUT2D eigenvalue weighted by Crippen LogP contribution is -2.19. The van der Waals surface area contributed by atoms with Crippen LogP contribution in [0.4, 0.5) is 14.5 Å². The monoisotopic (exact) mass is 496 g/mol. The molecule has 10 heteroatoms. The van der Waals surface area contributed by atoms with Crippen LogP contribution in [0.25, 0.3) is 0 Å². The molecule has 30 heavy (non-hydrogen) atoms. The number of alkyl halides is 2. The van der Waals surface area contributed by atoms with E-state index in [2.05, 4.69) is 30.4 Å². The van der Waals surface area contributed by atoms with E-state index in [4.69, 9.17) is 0 Å². The first kappa shape index (κ1) is 21.8. The fourth-order valence-electron chi connectivity index (χ4n) is 2.55. The van der Waals surface area contributed by atoms with Gasteiger partial charge in [0, 0.05) is 34.9 Å². The zero-order valence-corrected chi connectivity index (χ0v) is 17.9. The molecule has 0 radical (unpaired) electrons. The van der Waals surface area contributed by atoms with E-state index < -0.39 is 21.9 Å². The van der Waals surface area contributed by atoms with Crippen LogP contribution in [0.1, 0.15) is 22.8 Å². The van der Waals surface area contributed by atoms with Gasteiger partial charge in [-0.25, -0.2) is 8.42 Å². The molecule has 0 atom stereocenters. The number of hydrogen-bond acceptors (Lipinski definition) is 5. The highest BCUT2D eigenvalue weighted by Crippen LogP contribution is 2.27. The minimum Gasteiger partial charge on any atom is -0.433 e. The first-order valence-electron chi connectivity index (χ1n) is 8.49. The van der Waals surface area contributed by atoms with E-state index in [-0.39, 0.29) is 21.9 Å². The lowest BCUT2D eigenvalue weighted by atomic mass is 10.0. The molecule has 1 N–H and O–H groups in total. The van der Waals surface area contributed by atoms with Crippen molar-refractivity contribution >= 4 is 37.4 Å². The SMILES string of the molecule is CC(F)(F)Oc1ccc(S(=O)(=O)Nc2ccc(Br)cc2C(=O)c2ccncc2)cc1. The largest absolute Gasteiger partial charge is 0.433 e. The van der Waals surface area contributed by atoms with Crippen molar-refractivity contribution < 1.29 is 26.7 Å². The molecular weight excluding hydrogens is 482 g/mol. The third-order valence-electron chi connectivity index (χ3n) is 3.84. The average molecular weight is 497 g/mol. The Hall–Kier alpha value is -2.85. The van der Waals surface area contributed by atoms with E-state index in [1.807, 2.05) is 0 Å². The van der Waals surface area contributed by atoms with Crippen molar-refractivity contribution in [2.45, 2.75) is 17.9 Å². The smallest absolute Gasteiger partial charge is 0.394 e. The third-order valence-corrected chi connectivity index (χ3v) is 5.72. The van der Waals surface area contributed by atoms with Crippen LogP contribution >= 0.6 is 15.9 Å². The maximum absolute atomic E-state index is 12.9. The fraction of sp³-hybridized carbons (Fsp3) is 0.100. The molecule has 6 nitrogen and oxygen atoms in total. The number of aromatic nitrogens is 1. The topological polar surface area (TPSA) is 85.4 Å². The summed E-state index contributed by atoms with van der Waals surface area (Å²) >= 11 is 3.28. The average Bonchev–Trinajstić information content (AvgIpc) is 2.68. The van der Waals surface area contributed by atoms with Crippen LogP contribution in [0.15, 0.2) is 76.4 Å². The molecule has 0 saturated heterocycles. The number of nitrogens with zero attached hydrogens (tertiary/aromatic N) is 1. The van der Waals surface area contributed by atoms with Gasteiger partial charge in [0.2, 0.25) is 0 Å². The molecule has 0 aliphatic carbocycles. The van der Waals surface area contributed by atoms with Crippen molar-refractivity contribution in [1.82, 2.24) is 4.98 Å². The molecule has 0 fully saturated rings. The van der Waals surface area contributed by atoms with Crippen LogP contribution in [0.3, 0.4) is 0 Å². The van der Waals surface area contributed by atoms with Crippen LogP contribution in [0, 0.1) is 0 Å². The van der Waals surface area contributed by atoms with E-state index in [1.54, 1.807) is 6.07 Å². The molecule has 3 rings (SSSR count). The molecule has 0 aliphatic heterocycles. The van der Waals surface area contributed by atoms with E-state index in [0.717, 1.165) is 24.3 Å². The number of pyridine rings is 1. The number of ether oxygens (including phenoxy) is 1. The van der Waals surface area contributed by atoms with Gasteiger partial charge in [0.05, 0.1) is 10.6 Å². The van der Waals surface area contributed by atoms with Gasteiger partial charge in [-0.05, 0) is 54.6 Å². The van der Waals surface area contributed by atoms with Crippen molar-refractivity contribution in [2.24, 2.45) is 0 Å². The summed E-state index contributed by atoms with van der Waals surface area (Å²) < 4.78 is 58.7. The molecule has 3 aromatic rings. The van der Waals surface area contributed by atoms with Crippen LogP contribution in [-0.4, -0.2) is 25.3 Å². The molecule has 0 aliphatic rings. The van der Waals surface area contributed by atoms with Crippen molar-refractivity contribution in [3.8, 4) is 5.75 Å². The molecule has 156 valence electrons. The zero-order valence-electron chi connectivity index (χ0n) is 15.5. The van der Waals surface area contributed by atoms with Crippen molar-refractivity contribution in [1.29, 1.82) is 0 Å². The maximum atomic E-state index is 12.9. The summed E-state index contributed by atoms with van der Waals surface area (Å²) in [5, 5.41) is 0. The summed E-state index contributed by atoms with van der Waals surface area (Å²) in [6.07, 6.45) is -0.477. The first-order valence-corrected chi connectivity index (χ1v) is 10.8. The summed E-state index contributed by atoms with van der Waals surface area (Å²) in [7, 11) is -4.10. The maximum Gasteiger partial charge on any atom is 0.394 e. The van der Waals surface area contributed by atoms with Gasteiger partial charge in [-0.15, -0.1) is 0 Å². The standard InChI is InChI=1S/C20H15BrF2N2O4S/c1-20(22,23)29-15-3-5-16(6-4-15)30(27,28)25-18-7-2-14(21)12-17(18)19(26)13-8-10-24-11-9-13/h2-12,25H,1H3. The number of halogens is 3. The number of anilines is 1. The molecule has 0 spiro atoms. The number of hydrogen-bond donors (Lipinski definition) is 1. The van der Waals surface area contributed by atoms with Gasteiger partial charge in [-0.2, -0.15) is 8.78 Å². The Kier molecular flexibility index (Phi) is 6.18. The van der Waals surface area contributed by atoms with Crippen molar-refractivity contribution in [3.05, 3.63) is 82.6 Å². The molecule has 0 saturated carbocycles. The number of rotatable bonds is 7. The summed E-state index contributed by atoms with van der Waals surface area (Å²) in [6, 6.07) is 12.1. The highest BCUT2D eigenvalue weighted by Gasteiger charge is 2.24. The number of sulfonamides is 1. The van der Waals surface area contributed by atoms with Gasteiger partial charge in [-0.1, -0.05) is 15.9 Å². The lowest BCUT2D eigenvalue weighted by molar-refractivity contribution is -0.158. The fourth-order valence-corrected chi connectivity index (χ4v) is 3.99. The minimum atomic E-state index is -4.10. The van der Waals surface area contributed by atoms with Gasteiger partial charge in [-0.3, -0.25) is 14.5 Å². The lowest BCUT2D eigenvalue weighted by Gasteiger charge is -2.15. The third kappa shape index (κ3) is 5.39. The van der Waals surface area contributed by atoms with Crippen molar-refractivity contribution in [3.63, 3.8) is 0 Å². The predicted molar refractivity (Wildman–Crippen MR) is 110 cm³/mol. The van der Waals surface area contributed by atoms with Gasteiger partial charge >= 0.3 is 6.11 Å². The van der Waals surface area contributed by atoms with Gasteiger partial charge < -0.3 is 4.74 Å². The summed E-state index contributed by atoms with van der Waals surface area (Å²) in [6.45, 7) is 0.577. The Bertz CT molecular complexity index is 1170. The van der Waals surface area contributed by atoms with Crippen LogP contribution < -0.4 is 9.46 Å². The Balaban J connectivity index is 1.91.